The molecule has 1 N–H and O–H groups in total. The molecule has 0 fully saturated rings. The van der Waals surface area contributed by atoms with Crippen molar-refractivity contribution in [2.45, 2.75) is 20.3 Å². The Morgan fingerprint density at radius 1 is 1.31 bits per heavy atom. The van der Waals surface area contributed by atoms with Crippen LogP contribution < -0.4 is 5.32 Å². The van der Waals surface area contributed by atoms with Crippen LogP contribution in [0.3, 0.4) is 0 Å². The zero-order valence-electron chi connectivity index (χ0n) is 10.5. The second-order valence-electron chi connectivity index (χ2n) is 3.92. The Hall–Kier alpha value is -1.65. The zero-order valence-corrected chi connectivity index (χ0v) is 10.5. The minimum absolute atomic E-state index is 0.0447. The van der Waals surface area contributed by atoms with Crippen LogP contribution in [0.5, 0.6) is 0 Å². The molecule has 5 heteroatoms. The van der Waals surface area contributed by atoms with E-state index in [9.17, 15) is 4.79 Å². The zero-order chi connectivity index (χ0) is 12.3. The molecular weight excluding hydrogens is 204 g/mol. The molecule has 0 atom stereocenters. The van der Waals surface area contributed by atoms with Crippen LogP contribution in [0.2, 0.25) is 0 Å². The lowest BCUT2D eigenvalue weighted by Gasteiger charge is -2.13. The van der Waals surface area contributed by atoms with Gasteiger partial charge in [0.05, 0.1) is 12.1 Å². The summed E-state index contributed by atoms with van der Waals surface area (Å²) in [5.41, 5.74) is 2.67. The topological polar surface area (TPSA) is 58.1 Å². The van der Waals surface area contributed by atoms with Gasteiger partial charge in [-0.1, -0.05) is 0 Å². The van der Waals surface area contributed by atoms with Crippen LogP contribution >= 0.6 is 0 Å². The van der Waals surface area contributed by atoms with E-state index in [-0.39, 0.29) is 5.91 Å². The van der Waals surface area contributed by atoms with Gasteiger partial charge in [-0.05, 0) is 19.4 Å². The molecule has 0 saturated carbocycles. The van der Waals surface area contributed by atoms with E-state index in [2.05, 4.69) is 15.3 Å². The SMILES string of the molecule is CNc1nc(C)c(C)c(CC(=O)N(C)C)n1. The number of hydrogen-bond donors (Lipinski definition) is 1. The van der Waals surface area contributed by atoms with Gasteiger partial charge in [0.1, 0.15) is 0 Å². The number of carbonyl (C=O) groups is 1. The van der Waals surface area contributed by atoms with Crippen LogP contribution in [-0.2, 0) is 11.2 Å². The summed E-state index contributed by atoms with van der Waals surface area (Å²) in [7, 11) is 5.25. The molecule has 0 aliphatic carbocycles. The van der Waals surface area contributed by atoms with Crippen LogP contribution in [0.4, 0.5) is 5.95 Å². The highest BCUT2D eigenvalue weighted by molar-refractivity contribution is 5.78. The summed E-state index contributed by atoms with van der Waals surface area (Å²) in [4.78, 5) is 21.7. The fraction of sp³-hybridized carbons (Fsp3) is 0.545. The molecule has 0 bridgehead atoms. The summed E-state index contributed by atoms with van der Waals surface area (Å²) in [6.07, 6.45) is 0.316. The number of nitrogens with zero attached hydrogens (tertiary/aromatic N) is 3. The van der Waals surface area contributed by atoms with Crippen molar-refractivity contribution in [3.05, 3.63) is 17.0 Å². The monoisotopic (exact) mass is 222 g/mol. The van der Waals surface area contributed by atoms with Crippen molar-refractivity contribution in [2.75, 3.05) is 26.5 Å². The number of carbonyl (C=O) groups excluding carboxylic acids is 1. The van der Waals surface area contributed by atoms with Crippen molar-refractivity contribution in [2.24, 2.45) is 0 Å². The third-order valence-corrected chi connectivity index (χ3v) is 2.53. The van der Waals surface area contributed by atoms with Crippen LogP contribution in [0.25, 0.3) is 0 Å². The second kappa shape index (κ2) is 4.92. The standard InChI is InChI=1S/C11H18N4O/c1-7-8(2)13-11(12-3)14-9(7)6-10(16)15(4)5/h6H2,1-5H3,(H,12,13,14). The summed E-state index contributed by atoms with van der Waals surface area (Å²) in [6.45, 7) is 3.86. The maximum absolute atomic E-state index is 11.6. The van der Waals surface area contributed by atoms with E-state index < -0.39 is 0 Å². The third kappa shape index (κ3) is 2.68. The van der Waals surface area contributed by atoms with Gasteiger partial charge in [-0.15, -0.1) is 0 Å². The Labute approximate surface area is 95.9 Å². The molecule has 5 nitrogen and oxygen atoms in total. The van der Waals surface area contributed by atoms with Gasteiger partial charge in [0, 0.05) is 26.8 Å². The number of aryl methyl sites for hydroxylation is 1. The van der Waals surface area contributed by atoms with Crippen LogP contribution in [0.15, 0.2) is 0 Å². The highest BCUT2D eigenvalue weighted by Gasteiger charge is 2.12. The Balaban J connectivity index is 3.03. The summed E-state index contributed by atoms with van der Waals surface area (Å²) < 4.78 is 0. The van der Waals surface area contributed by atoms with Crippen LogP contribution in [-0.4, -0.2) is 41.9 Å². The van der Waals surface area contributed by atoms with Crippen LogP contribution in [0, 0.1) is 13.8 Å². The molecule has 16 heavy (non-hydrogen) atoms. The van der Waals surface area contributed by atoms with Gasteiger partial charge in [-0.25, -0.2) is 9.97 Å². The van der Waals surface area contributed by atoms with Gasteiger partial charge in [0.25, 0.3) is 0 Å². The van der Waals surface area contributed by atoms with Gasteiger partial charge < -0.3 is 10.2 Å². The van der Waals surface area contributed by atoms with E-state index in [1.54, 1.807) is 26.0 Å². The lowest BCUT2D eigenvalue weighted by molar-refractivity contribution is -0.128. The average molecular weight is 222 g/mol. The molecule has 0 unspecified atom stereocenters. The van der Waals surface area contributed by atoms with E-state index >= 15 is 0 Å². The Bertz CT molecular complexity index is 401. The molecule has 1 heterocycles. The Morgan fingerprint density at radius 3 is 2.44 bits per heavy atom. The normalized spacial score (nSPS) is 10.1. The first-order chi connectivity index (χ1) is 7.45. The van der Waals surface area contributed by atoms with E-state index in [1.807, 2.05) is 13.8 Å². The number of likely N-dealkylation sites (N-methyl/N-ethyl adjacent to an activating group) is 1. The molecule has 0 spiro atoms. The van der Waals surface area contributed by atoms with E-state index in [4.69, 9.17) is 0 Å². The van der Waals surface area contributed by atoms with Gasteiger partial charge in [-0.3, -0.25) is 4.79 Å². The van der Waals surface area contributed by atoms with Crippen LogP contribution in [0.1, 0.15) is 17.0 Å². The minimum atomic E-state index is 0.0447. The number of amides is 1. The summed E-state index contributed by atoms with van der Waals surface area (Å²) in [5, 5.41) is 2.89. The highest BCUT2D eigenvalue weighted by atomic mass is 16.2. The summed E-state index contributed by atoms with van der Waals surface area (Å²) in [5.74, 6) is 0.605. The highest BCUT2D eigenvalue weighted by Crippen LogP contribution is 2.12. The quantitative estimate of drug-likeness (QED) is 0.820. The molecule has 0 aliphatic rings. The first-order valence-corrected chi connectivity index (χ1v) is 5.17. The smallest absolute Gasteiger partial charge is 0.228 e. The maximum atomic E-state index is 11.6. The number of anilines is 1. The molecular formula is C11H18N4O. The molecule has 0 aliphatic heterocycles. The summed E-state index contributed by atoms with van der Waals surface area (Å²) in [6, 6.07) is 0. The van der Waals surface area contributed by atoms with Gasteiger partial charge >= 0.3 is 0 Å². The molecule has 1 amide bonds. The van der Waals surface area contributed by atoms with Crippen molar-refractivity contribution in [1.29, 1.82) is 0 Å². The van der Waals surface area contributed by atoms with Crippen molar-refractivity contribution in [1.82, 2.24) is 14.9 Å². The lowest BCUT2D eigenvalue weighted by atomic mass is 10.1. The number of hydrogen-bond acceptors (Lipinski definition) is 4. The fourth-order valence-electron chi connectivity index (χ4n) is 1.27. The molecule has 0 saturated heterocycles. The van der Waals surface area contributed by atoms with E-state index in [0.717, 1.165) is 17.0 Å². The molecule has 1 aromatic heterocycles. The lowest BCUT2D eigenvalue weighted by Crippen LogP contribution is -2.24. The van der Waals surface area contributed by atoms with Crippen molar-refractivity contribution in [3.63, 3.8) is 0 Å². The molecule has 1 aromatic rings. The Kier molecular flexibility index (Phi) is 3.82. The maximum Gasteiger partial charge on any atom is 0.228 e. The molecule has 1 rings (SSSR count). The van der Waals surface area contributed by atoms with Gasteiger partial charge in [0.15, 0.2) is 0 Å². The number of rotatable bonds is 3. The second-order valence-corrected chi connectivity index (χ2v) is 3.92. The molecule has 0 radical (unpaired) electrons. The average Bonchev–Trinajstić information content (AvgIpc) is 2.24. The van der Waals surface area contributed by atoms with E-state index in [0.29, 0.717) is 12.4 Å². The van der Waals surface area contributed by atoms with E-state index in [1.165, 1.54) is 0 Å². The molecule has 88 valence electrons. The minimum Gasteiger partial charge on any atom is -0.357 e. The Morgan fingerprint density at radius 2 is 1.94 bits per heavy atom. The largest absolute Gasteiger partial charge is 0.357 e. The number of nitrogens with one attached hydrogen (secondary N) is 1. The summed E-state index contributed by atoms with van der Waals surface area (Å²) >= 11 is 0. The molecule has 0 aromatic carbocycles. The van der Waals surface area contributed by atoms with Gasteiger partial charge in [-0.2, -0.15) is 0 Å². The third-order valence-electron chi connectivity index (χ3n) is 2.53. The van der Waals surface area contributed by atoms with Gasteiger partial charge in [0.2, 0.25) is 11.9 Å². The predicted octanol–water partition coefficient (Wildman–Crippen LogP) is 0.766. The van der Waals surface area contributed by atoms with Crippen molar-refractivity contribution < 1.29 is 4.79 Å². The first-order valence-electron chi connectivity index (χ1n) is 5.17. The van der Waals surface area contributed by atoms with Crippen molar-refractivity contribution >= 4 is 11.9 Å². The van der Waals surface area contributed by atoms with Crippen molar-refractivity contribution in [3.8, 4) is 0 Å². The first kappa shape index (κ1) is 12.4. The number of aromatic nitrogens is 2. The fourth-order valence-corrected chi connectivity index (χ4v) is 1.27. The predicted molar refractivity (Wildman–Crippen MR) is 63.5 cm³/mol.